The van der Waals surface area contributed by atoms with E-state index >= 15 is 0 Å². The quantitative estimate of drug-likeness (QED) is 0.478. The second kappa shape index (κ2) is 6.66. The first-order valence-electron chi connectivity index (χ1n) is 8.58. The summed E-state index contributed by atoms with van der Waals surface area (Å²) in [5.41, 5.74) is 3.72. The Bertz CT molecular complexity index is 1070. The zero-order valence-electron chi connectivity index (χ0n) is 15.0. The van der Waals surface area contributed by atoms with Gasteiger partial charge >= 0.3 is 0 Å². The molecule has 2 aromatic heterocycles. The molecule has 1 aromatic carbocycles. The lowest BCUT2D eigenvalue weighted by Crippen LogP contribution is -2.47. The van der Waals surface area contributed by atoms with Gasteiger partial charge < -0.3 is 30.4 Å². The van der Waals surface area contributed by atoms with Crippen LogP contribution in [0.3, 0.4) is 0 Å². The highest BCUT2D eigenvalue weighted by molar-refractivity contribution is 5.86. The van der Waals surface area contributed by atoms with Crippen molar-refractivity contribution < 1.29 is 33.2 Å². The fourth-order valence-electron chi connectivity index (χ4n) is 3.55. The Morgan fingerprint density at radius 1 is 1.24 bits per heavy atom. The molecule has 0 radical (unpaired) electrons. The van der Waals surface area contributed by atoms with E-state index in [1.807, 2.05) is 0 Å². The molecule has 1 saturated heterocycles. The van der Waals surface area contributed by atoms with Crippen LogP contribution in [-0.4, -0.2) is 47.7 Å². The van der Waals surface area contributed by atoms with Crippen LogP contribution < -0.4 is 5.73 Å². The molecule has 5 N–H and O–H groups in total. The maximum atomic E-state index is 13.6. The number of nitrogens with two attached hydrogens (primary N) is 1. The van der Waals surface area contributed by atoms with Crippen molar-refractivity contribution in [3.8, 4) is 0 Å². The third-order valence-electron chi connectivity index (χ3n) is 5.18. The van der Waals surface area contributed by atoms with Crippen molar-refractivity contribution in [1.82, 2.24) is 14.5 Å². The predicted octanol–water partition coefficient (Wildman–Crippen LogP) is 1.17. The fraction of sp³-hybridized carbons (Fsp3) is 0.333. The maximum absolute atomic E-state index is 13.6. The summed E-state index contributed by atoms with van der Waals surface area (Å²) in [6, 6.07) is 2.78. The fourth-order valence-corrected chi connectivity index (χ4v) is 3.55. The number of halogens is 3. The summed E-state index contributed by atoms with van der Waals surface area (Å²) >= 11 is 0. The van der Waals surface area contributed by atoms with Crippen molar-refractivity contribution in [2.45, 2.75) is 37.1 Å². The molecule has 0 aliphatic carbocycles. The van der Waals surface area contributed by atoms with Crippen molar-refractivity contribution in [2.75, 3.05) is 5.73 Å². The van der Waals surface area contributed by atoms with Gasteiger partial charge in [-0.3, -0.25) is 0 Å². The van der Waals surface area contributed by atoms with Crippen LogP contribution in [0.5, 0.6) is 0 Å². The molecule has 0 spiro atoms. The molecular weight excluding hydrogens is 393 g/mol. The molecule has 0 unspecified atom stereocenters. The number of aromatic nitrogens is 3. The standard InChI is InChI=1S/C18H17F3N4O4/c1-18(28)13(27)17(25-3-2-8-15(22)23-6-24-16(8)25)29-14(18)12(26)7-4-9(19)11(21)10(20)5-7/h2-6,12-14,17,26-28H,1H3,(H2,22,23,24)/t12-,13+,14-,17-,18+/m1/s1. The lowest BCUT2D eigenvalue weighted by atomic mass is 9.88. The number of ether oxygens (including phenoxy) is 1. The Balaban J connectivity index is 1.72. The van der Waals surface area contributed by atoms with E-state index in [1.165, 1.54) is 24.0 Å². The van der Waals surface area contributed by atoms with Crippen molar-refractivity contribution >= 4 is 16.9 Å². The zero-order valence-corrected chi connectivity index (χ0v) is 15.0. The second-order valence-electron chi connectivity index (χ2n) is 7.08. The summed E-state index contributed by atoms with van der Waals surface area (Å²) in [7, 11) is 0. The Morgan fingerprint density at radius 2 is 1.90 bits per heavy atom. The normalized spacial score (nSPS) is 28.2. The van der Waals surface area contributed by atoms with E-state index in [1.54, 1.807) is 6.07 Å². The van der Waals surface area contributed by atoms with E-state index in [2.05, 4.69) is 9.97 Å². The van der Waals surface area contributed by atoms with Crippen molar-refractivity contribution in [1.29, 1.82) is 0 Å². The first kappa shape index (κ1) is 19.6. The largest absolute Gasteiger partial charge is 0.386 e. The Hall–Kier alpha value is -2.73. The lowest BCUT2D eigenvalue weighted by Gasteiger charge is -2.29. The molecule has 3 aromatic rings. The van der Waals surface area contributed by atoms with Crippen LogP contribution in [0.1, 0.15) is 24.8 Å². The third-order valence-corrected chi connectivity index (χ3v) is 5.18. The van der Waals surface area contributed by atoms with Crippen LogP contribution in [0, 0.1) is 17.5 Å². The molecule has 3 heterocycles. The summed E-state index contributed by atoms with van der Waals surface area (Å²) in [6.07, 6.45) is -3.30. The number of aliphatic hydroxyl groups excluding tert-OH is 2. The average Bonchev–Trinajstić information content (AvgIpc) is 3.19. The number of anilines is 1. The maximum Gasteiger partial charge on any atom is 0.194 e. The molecule has 154 valence electrons. The van der Waals surface area contributed by atoms with Crippen molar-refractivity contribution in [3.05, 3.63) is 53.7 Å². The highest BCUT2D eigenvalue weighted by atomic mass is 19.2. The van der Waals surface area contributed by atoms with Gasteiger partial charge in [-0.1, -0.05) is 0 Å². The topological polar surface area (TPSA) is 127 Å². The van der Waals surface area contributed by atoms with Gasteiger partial charge in [0.05, 0.1) is 5.39 Å². The van der Waals surface area contributed by atoms with Gasteiger partial charge in [-0.15, -0.1) is 0 Å². The Labute approximate surface area is 162 Å². The van der Waals surface area contributed by atoms with Gasteiger partial charge in [-0.2, -0.15) is 0 Å². The minimum absolute atomic E-state index is 0.196. The van der Waals surface area contributed by atoms with E-state index < -0.39 is 47.6 Å². The number of rotatable bonds is 3. The van der Waals surface area contributed by atoms with Gasteiger partial charge in [0.2, 0.25) is 0 Å². The summed E-state index contributed by atoms with van der Waals surface area (Å²) < 4.78 is 47.4. The summed E-state index contributed by atoms with van der Waals surface area (Å²) in [5, 5.41) is 32.5. The van der Waals surface area contributed by atoms with Gasteiger partial charge in [-0.05, 0) is 30.7 Å². The first-order valence-corrected chi connectivity index (χ1v) is 8.58. The van der Waals surface area contributed by atoms with Gasteiger partial charge in [0, 0.05) is 6.20 Å². The van der Waals surface area contributed by atoms with Crippen molar-refractivity contribution in [2.24, 2.45) is 0 Å². The molecule has 1 aliphatic heterocycles. The molecule has 5 atom stereocenters. The van der Waals surface area contributed by atoms with E-state index in [4.69, 9.17) is 10.5 Å². The SMILES string of the molecule is C[C@@]1(O)[C@@H]([C@H](O)c2cc(F)c(F)c(F)c2)O[C@@H](n2ccc3c(N)ncnc32)[C@@H]1O. The van der Waals surface area contributed by atoms with E-state index in [-0.39, 0.29) is 11.4 Å². The number of fused-ring (bicyclic) bond motifs is 1. The number of nitrogen functional groups attached to an aromatic ring is 1. The molecule has 0 saturated carbocycles. The first-order chi connectivity index (χ1) is 13.6. The van der Waals surface area contributed by atoms with E-state index in [0.717, 1.165) is 0 Å². The number of hydrogen-bond acceptors (Lipinski definition) is 7. The molecular formula is C18H17F3N4O4. The Morgan fingerprint density at radius 3 is 2.55 bits per heavy atom. The molecule has 0 bridgehead atoms. The molecule has 0 amide bonds. The molecule has 1 fully saturated rings. The minimum Gasteiger partial charge on any atom is -0.386 e. The van der Waals surface area contributed by atoms with Gasteiger partial charge in [0.25, 0.3) is 0 Å². The zero-order chi connectivity index (χ0) is 21.1. The minimum atomic E-state index is -2.03. The third kappa shape index (κ3) is 2.94. The molecule has 1 aliphatic rings. The van der Waals surface area contributed by atoms with Crippen LogP contribution in [0.25, 0.3) is 11.0 Å². The summed E-state index contributed by atoms with van der Waals surface area (Å²) in [4.78, 5) is 7.95. The smallest absolute Gasteiger partial charge is 0.194 e. The van der Waals surface area contributed by atoms with Crippen LogP contribution in [0.15, 0.2) is 30.7 Å². The number of benzene rings is 1. The highest BCUT2D eigenvalue weighted by Crippen LogP contribution is 2.43. The van der Waals surface area contributed by atoms with Crippen LogP contribution >= 0.6 is 0 Å². The van der Waals surface area contributed by atoms with Crippen molar-refractivity contribution in [3.63, 3.8) is 0 Å². The Kier molecular flexibility index (Phi) is 4.50. The van der Waals surface area contributed by atoms with Crippen LogP contribution in [0.4, 0.5) is 19.0 Å². The van der Waals surface area contributed by atoms with Gasteiger partial charge in [0.1, 0.15) is 41.7 Å². The van der Waals surface area contributed by atoms with Gasteiger partial charge in [-0.25, -0.2) is 23.1 Å². The average molecular weight is 410 g/mol. The van der Waals surface area contributed by atoms with E-state index in [0.29, 0.717) is 23.2 Å². The number of aliphatic hydroxyl groups is 3. The van der Waals surface area contributed by atoms with Gasteiger partial charge in [0.15, 0.2) is 23.7 Å². The molecule has 8 nitrogen and oxygen atoms in total. The monoisotopic (exact) mass is 410 g/mol. The van der Waals surface area contributed by atoms with E-state index in [9.17, 15) is 28.5 Å². The second-order valence-corrected chi connectivity index (χ2v) is 7.08. The number of hydrogen-bond donors (Lipinski definition) is 4. The molecule has 4 rings (SSSR count). The summed E-state index contributed by atoms with van der Waals surface area (Å²) in [6.45, 7) is 1.21. The molecule has 11 heteroatoms. The summed E-state index contributed by atoms with van der Waals surface area (Å²) in [5.74, 6) is -4.49. The highest BCUT2D eigenvalue weighted by Gasteiger charge is 2.56. The van der Waals surface area contributed by atoms with Crippen LogP contribution in [-0.2, 0) is 4.74 Å². The number of nitrogens with zero attached hydrogens (tertiary/aromatic N) is 3. The lowest BCUT2D eigenvalue weighted by molar-refractivity contribution is -0.115. The van der Waals surface area contributed by atoms with Crippen LogP contribution in [0.2, 0.25) is 0 Å². The molecule has 29 heavy (non-hydrogen) atoms. The predicted molar refractivity (Wildman–Crippen MR) is 93.8 cm³/mol.